The second kappa shape index (κ2) is 32.9. The van der Waals surface area contributed by atoms with E-state index in [0.29, 0.717) is 90.7 Å². The van der Waals surface area contributed by atoms with E-state index in [1.165, 1.54) is 26.9 Å². The van der Waals surface area contributed by atoms with E-state index in [1.807, 2.05) is 30.5 Å². The highest BCUT2D eigenvalue weighted by Crippen LogP contribution is 2.42. The first-order valence-corrected chi connectivity index (χ1v) is 34.1. The number of hydrogen-bond donors (Lipinski definition) is 3. The fraction of sp³-hybridized carbons (Fsp3) is 0.470. The summed E-state index contributed by atoms with van der Waals surface area (Å²) < 4.78 is 57.9. The number of pyridine rings is 2. The number of ether oxygens (including phenoxy) is 5. The summed E-state index contributed by atoms with van der Waals surface area (Å²) in [5, 5.41) is 17.8. The molecule has 3 amide bonds. The van der Waals surface area contributed by atoms with Gasteiger partial charge in [0.1, 0.15) is 32.2 Å². The number of nitrogens with zero attached hydrogens (tertiary/aromatic N) is 8. The highest BCUT2D eigenvalue weighted by Gasteiger charge is 2.51. The molecule has 0 aliphatic carbocycles. The minimum atomic E-state index is -3.54. The van der Waals surface area contributed by atoms with Gasteiger partial charge in [-0.3, -0.25) is 28.8 Å². The Hall–Kier alpha value is -8.75. The van der Waals surface area contributed by atoms with Crippen molar-refractivity contribution >= 4 is 79.8 Å². The number of thioether (sulfide) groups is 1. The van der Waals surface area contributed by atoms with Crippen LogP contribution in [-0.2, 0) is 107 Å². The molecule has 3 N–H and O–H groups in total. The molecule has 500 valence electrons. The molecule has 2 aromatic carbocycles. The van der Waals surface area contributed by atoms with E-state index in [4.69, 9.17) is 28.7 Å². The van der Waals surface area contributed by atoms with Crippen LogP contribution in [0.4, 0.5) is 10.5 Å². The Bertz CT molecular complexity index is 4000. The molecule has 0 fully saturated rings. The van der Waals surface area contributed by atoms with Crippen LogP contribution in [0.3, 0.4) is 0 Å². The molecule has 8 rings (SSSR count). The van der Waals surface area contributed by atoms with Crippen molar-refractivity contribution in [3.8, 4) is 23.2 Å². The minimum Gasteiger partial charge on any atom is -0.457 e. The lowest BCUT2D eigenvalue weighted by Gasteiger charge is -2.35. The summed E-state index contributed by atoms with van der Waals surface area (Å²) in [6, 6.07) is 14.2. The van der Waals surface area contributed by atoms with E-state index in [-0.39, 0.29) is 86.9 Å². The summed E-state index contributed by atoms with van der Waals surface area (Å²) in [6.45, 7) is 10.1. The Labute approximate surface area is 549 Å². The maximum atomic E-state index is 14.4. The number of unbranched alkanes of at least 4 members (excludes halogenated alkanes) is 1. The van der Waals surface area contributed by atoms with Crippen LogP contribution in [0.15, 0.2) is 83.1 Å². The van der Waals surface area contributed by atoms with Gasteiger partial charge in [0.2, 0.25) is 33.3 Å². The Morgan fingerprint density at radius 1 is 0.915 bits per heavy atom. The van der Waals surface area contributed by atoms with Crippen LogP contribution in [0, 0.1) is 23.7 Å². The normalized spacial score (nSPS) is 14.7. The molecule has 26 nitrogen and oxygen atoms in total. The van der Waals surface area contributed by atoms with Crippen LogP contribution in [0.1, 0.15) is 119 Å². The number of ketones is 2. The van der Waals surface area contributed by atoms with E-state index in [0.717, 1.165) is 22.1 Å². The monoisotopic (exact) mass is 1330 g/mol. The fourth-order valence-electron chi connectivity index (χ4n) is 11.0. The van der Waals surface area contributed by atoms with Gasteiger partial charge < -0.3 is 44.2 Å². The van der Waals surface area contributed by atoms with Crippen LogP contribution < -0.4 is 21.5 Å². The van der Waals surface area contributed by atoms with Gasteiger partial charge in [0.25, 0.3) is 5.56 Å². The molecular weight excluding hydrogens is 1250 g/mol. The quantitative estimate of drug-likeness (QED) is 0.0139. The molecule has 6 aromatic rings. The first-order chi connectivity index (χ1) is 45.0. The molecule has 2 aliphatic heterocycles. The molecule has 0 unspecified atom stereocenters. The van der Waals surface area contributed by atoms with Crippen LogP contribution in [0.25, 0.3) is 22.3 Å². The fourth-order valence-corrected chi connectivity index (χ4v) is 12.5. The predicted molar refractivity (Wildman–Crippen MR) is 347 cm³/mol. The van der Waals surface area contributed by atoms with Gasteiger partial charge in [-0.1, -0.05) is 86.8 Å². The molecule has 28 heteroatoms. The van der Waals surface area contributed by atoms with E-state index in [2.05, 4.69) is 48.1 Å². The molecule has 2 aliphatic rings. The van der Waals surface area contributed by atoms with Crippen molar-refractivity contribution in [2.24, 2.45) is 11.8 Å². The number of Topliss-reactive ketones (excluding diaryl/α,β-unsaturated/α-hetero) is 2. The molecular formula is C66H79N11O15S2. The topological polar surface area (TPSA) is 330 Å². The van der Waals surface area contributed by atoms with Crippen LogP contribution in [0.5, 0.6) is 0 Å². The molecule has 0 bridgehead atoms. The summed E-state index contributed by atoms with van der Waals surface area (Å²) >= 11 is 1.46. The lowest BCUT2D eigenvalue weighted by atomic mass is 9.85. The number of esters is 1. The number of amides is 3. The van der Waals surface area contributed by atoms with E-state index in [1.54, 1.807) is 95.1 Å². The SMILES string of the molecule is CC[C@@]1(OC(=O)OCc2ccc(NC(=O)[C@H](C)CC(=O)[C@@H](NC(=O)COCC(=O)NCCOCCn3cc(CCC(=O)CCCC#Cc4cnc(SC)nc4)nn3)C(C)C)cc2)C(=O)OCc2c1cc1n(c2=O)Cc2c-1nc1ccccc1c2CCN(C(C)C)S(C)(=O)=O. The lowest BCUT2D eigenvalue weighted by Crippen LogP contribution is -2.47. The largest absolute Gasteiger partial charge is 0.510 e. The van der Waals surface area contributed by atoms with Gasteiger partial charge in [-0.25, -0.2) is 37.6 Å². The number of hydrogen-bond acceptors (Lipinski definition) is 21. The third-order valence-corrected chi connectivity index (χ3v) is 18.0. The average Bonchev–Trinajstić information content (AvgIpc) is 1.46. The summed E-state index contributed by atoms with van der Waals surface area (Å²) in [6.07, 6.45) is 9.51. The predicted octanol–water partition coefficient (Wildman–Crippen LogP) is 6.00. The Kier molecular flexibility index (Phi) is 24.9. The van der Waals surface area contributed by atoms with E-state index < -0.39 is 76.2 Å². The number of anilines is 1. The highest BCUT2D eigenvalue weighted by atomic mass is 32.2. The number of fused-ring (bicyclic) bond motifs is 5. The maximum Gasteiger partial charge on any atom is 0.510 e. The van der Waals surface area contributed by atoms with E-state index >= 15 is 0 Å². The Morgan fingerprint density at radius 3 is 2.37 bits per heavy atom. The van der Waals surface area contributed by atoms with Gasteiger partial charge in [-0.05, 0) is 87.1 Å². The van der Waals surface area contributed by atoms with E-state index in [9.17, 15) is 46.8 Å². The maximum absolute atomic E-state index is 14.4. The van der Waals surface area contributed by atoms with Gasteiger partial charge in [0.05, 0.1) is 72.3 Å². The van der Waals surface area contributed by atoms with Crippen LogP contribution in [-0.4, -0.2) is 153 Å². The lowest BCUT2D eigenvalue weighted by molar-refractivity contribution is -0.175. The number of cyclic esters (lactones) is 1. The van der Waals surface area contributed by atoms with Crippen molar-refractivity contribution in [3.05, 3.63) is 123 Å². The second-order valence-electron chi connectivity index (χ2n) is 23.5. The second-order valence-corrected chi connectivity index (χ2v) is 26.2. The number of carbonyl (C=O) groups excluding carboxylic acids is 7. The van der Waals surface area contributed by atoms with Gasteiger partial charge in [-0.2, -0.15) is 4.31 Å². The summed E-state index contributed by atoms with van der Waals surface area (Å²) in [5.74, 6) is 2.20. The minimum absolute atomic E-state index is 0.116. The molecule has 6 heterocycles. The number of rotatable bonds is 33. The van der Waals surface area contributed by atoms with Gasteiger partial charge in [-0.15, -0.1) is 5.10 Å². The molecule has 3 atom stereocenters. The van der Waals surface area contributed by atoms with Crippen molar-refractivity contribution in [2.45, 2.75) is 142 Å². The number of aromatic nitrogens is 7. The van der Waals surface area contributed by atoms with Crippen LogP contribution >= 0.6 is 11.8 Å². The van der Waals surface area contributed by atoms with Gasteiger partial charge >= 0.3 is 12.1 Å². The van der Waals surface area contributed by atoms with Crippen molar-refractivity contribution in [1.29, 1.82) is 0 Å². The summed E-state index contributed by atoms with van der Waals surface area (Å²) in [5.41, 5.74) is 3.11. The third kappa shape index (κ3) is 18.5. The zero-order valence-corrected chi connectivity index (χ0v) is 55.6. The van der Waals surface area contributed by atoms with Crippen molar-refractivity contribution in [2.75, 3.05) is 57.3 Å². The highest BCUT2D eigenvalue weighted by molar-refractivity contribution is 7.98. The number of sulfonamides is 1. The smallest absolute Gasteiger partial charge is 0.457 e. The summed E-state index contributed by atoms with van der Waals surface area (Å²) in [7, 11) is -3.54. The molecule has 0 spiro atoms. The number of nitrogens with one attached hydrogen (secondary N) is 3. The Morgan fingerprint density at radius 2 is 1.66 bits per heavy atom. The van der Waals surface area contributed by atoms with Crippen molar-refractivity contribution in [3.63, 3.8) is 0 Å². The molecule has 0 saturated heterocycles. The van der Waals surface area contributed by atoms with Crippen molar-refractivity contribution in [1.82, 2.24) is 49.5 Å². The number of aryl methyl sites for hydroxylation is 1. The number of para-hydroxylation sites is 1. The molecule has 0 radical (unpaired) electrons. The zero-order chi connectivity index (χ0) is 67.7. The van der Waals surface area contributed by atoms with Crippen molar-refractivity contribution < 1.29 is 65.7 Å². The molecule has 0 saturated carbocycles. The number of benzene rings is 2. The summed E-state index contributed by atoms with van der Waals surface area (Å²) in [4.78, 5) is 120. The van der Waals surface area contributed by atoms with Gasteiger partial charge in [0, 0.05) is 91.5 Å². The molecule has 4 aromatic heterocycles. The first kappa shape index (κ1) is 71.1. The molecule has 94 heavy (non-hydrogen) atoms. The zero-order valence-electron chi connectivity index (χ0n) is 54.0. The first-order valence-electron chi connectivity index (χ1n) is 31.1. The third-order valence-electron chi connectivity index (χ3n) is 15.9. The standard InChI is InChI=1S/C66H79N11O15S2/c1-9-66(53-32-55-60-51(36-76(55)62(83)52(53)38-90-63(66)84)49(50-17-13-14-18-54(50)71-60)25-27-77(42(4)5)94(8,86)87)92-65(85)91-37-44-19-21-46(22-20-44)70-61(82)43(6)31-56(79)59(41(2)3)72-58(81)40-89-39-57(80)67-26-29-88-30-28-75-35-47(73-74-75)23-24-48(78)16-12-10-11-15-45-33-68-64(93-7)69-34-45/h13-14,17-22,32-35,41-43,59H,9-10,12,16,23-31,36-40H2,1-8H3,(H,67,80)(H,70,82)(H,72,81)/t43-,59+,66+/m1/s1. The van der Waals surface area contributed by atoms with Gasteiger partial charge in [0.15, 0.2) is 10.9 Å². The Balaban J connectivity index is 0.728. The van der Waals surface area contributed by atoms with Crippen LogP contribution in [0.2, 0.25) is 0 Å². The number of carbonyl (C=O) groups is 7. The average molecular weight is 1330 g/mol.